The second-order valence-electron chi connectivity index (χ2n) is 6.11. The summed E-state index contributed by atoms with van der Waals surface area (Å²) in [6.07, 6.45) is 2.19. The summed E-state index contributed by atoms with van der Waals surface area (Å²) < 4.78 is 4.67. The average Bonchev–Trinajstić information content (AvgIpc) is 3.11. The summed E-state index contributed by atoms with van der Waals surface area (Å²) in [5, 5.41) is 8.22. The van der Waals surface area contributed by atoms with Gasteiger partial charge in [-0.25, -0.2) is 4.79 Å². The fourth-order valence-corrected chi connectivity index (χ4v) is 3.09. The van der Waals surface area contributed by atoms with Gasteiger partial charge in [0.1, 0.15) is 0 Å². The molecule has 2 aromatic rings. The van der Waals surface area contributed by atoms with Crippen molar-refractivity contribution in [3.05, 3.63) is 47.7 Å². The van der Waals surface area contributed by atoms with Crippen LogP contribution in [0.3, 0.4) is 0 Å². The summed E-state index contributed by atoms with van der Waals surface area (Å²) in [6.45, 7) is 0.934. The molecule has 1 aromatic heterocycles. The van der Waals surface area contributed by atoms with E-state index in [1.54, 1.807) is 6.07 Å². The van der Waals surface area contributed by atoms with Crippen LogP contribution in [0.5, 0.6) is 0 Å². The van der Waals surface area contributed by atoms with E-state index < -0.39 is 5.97 Å². The number of benzene rings is 1. The highest BCUT2D eigenvalue weighted by Gasteiger charge is 2.27. The van der Waals surface area contributed by atoms with Crippen molar-refractivity contribution in [1.29, 1.82) is 0 Å². The highest BCUT2D eigenvalue weighted by atomic mass is 16.5. The highest BCUT2D eigenvalue weighted by Crippen LogP contribution is 2.36. The van der Waals surface area contributed by atoms with Crippen LogP contribution in [0.25, 0.3) is 0 Å². The molecular weight excluding hydrogens is 304 g/mol. The summed E-state index contributed by atoms with van der Waals surface area (Å²) in [7, 11) is 5.43. The summed E-state index contributed by atoms with van der Waals surface area (Å²) in [6, 6.07) is 12.4. The number of hydrogen-bond donors (Lipinski definition) is 0. The zero-order valence-electron chi connectivity index (χ0n) is 14.3. The maximum absolute atomic E-state index is 11.5. The number of nitrogens with zero attached hydrogens (tertiary/aromatic N) is 4. The lowest BCUT2D eigenvalue weighted by Crippen LogP contribution is -2.24. The number of esters is 1. The van der Waals surface area contributed by atoms with E-state index in [4.69, 9.17) is 0 Å². The van der Waals surface area contributed by atoms with Gasteiger partial charge in [0, 0.05) is 26.3 Å². The van der Waals surface area contributed by atoms with Crippen molar-refractivity contribution in [1.82, 2.24) is 10.2 Å². The summed E-state index contributed by atoms with van der Waals surface area (Å²) in [5.41, 5.74) is 2.69. The number of rotatable bonds is 4. The Labute approximate surface area is 142 Å². The van der Waals surface area contributed by atoms with Gasteiger partial charge >= 0.3 is 5.97 Å². The SMILES string of the molecule is COC(=O)c1ccc(N2CCC[C@H]2c2cccc(N(C)C)c2)nn1. The molecular formula is C18H22N4O2. The van der Waals surface area contributed by atoms with E-state index in [0.717, 1.165) is 25.2 Å². The monoisotopic (exact) mass is 326 g/mol. The summed E-state index contributed by atoms with van der Waals surface area (Å²) in [4.78, 5) is 15.8. The van der Waals surface area contributed by atoms with Crippen LogP contribution < -0.4 is 9.80 Å². The average molecular weight is 326 g/mol. The van der Waals surface area contributed by atoms with E-state index in [1.165, 1.54) is 18.4 Å². The molecule has 3 rings (SSSR count). The first-order valence-corrected chi connectivity index (χ1v) is 8.06. The smallest absolute Gasteiger partial charge is 0.358 e. The minimum atomic E-state index is -0.467. The lowest BCUT2D eigenvalue weighted by Gasteiger charge is -2.26. The molecule has 1 saturated heterocycles. The quantitative estimate of drug-likeness (QED) is 0.805. The van der Waals surface area contributed by atoms with E-state index in [9.17, 15) is 4.79 Å². The molecule has 0 aliphatic carbocycles. The van der Waals surface area contributed by atoms with Crippen LogP contribution in [0.2, 0.25) is 0 Å². The highest BCUT2D eigenvalue weighted by molar-refractivity contribution is 5.87. The van der Waals surface area contributed by atoms with Crippen LogP contribution in [-0.4, -0.2) is 43.9 Å². The molecule has 6 heteroatoms. The molecule has 2 heterocycles. The Hall–Kier alpha value is -2.63. The molecule has 0 unspecified atom stereocenters. The molecule has 1 aliphatic rings. The Morgan fingerprint density at radius 3 is 2.75 bits per heavy atom. The van der Waals surface area contributed by atoms with E-state index in [2.05, 4.69) is 49.0 Å². The Bertz CT molecular complexity index is 715. The molecule has 1 aromatic carbocycles. The molecule has 0 spiro atoms. The van der Waals surface area contributed by atoms with Gasteiger partial charge in [-0.3, -0.25) is 0 Å². The van der Waals surface area contributed by atoms with Gasteiger partial charge in [0.15, 0.2) is 11.5 Å². The number of carbonyl (C=O) groups is 1. The number of anilines is 2. The van der Waals surface area contributed by atoms with Gasteiger partial charge in [0.05, 0.1) is 13.2 Å². The molecule has 24 heavy (non-hydrogen) atoms. The van der Waals surface area contributed by atoms with Crippen molar-refractivity contribution in [3.8, 4) is 0 Å². The van der Waals surface area contributed by atoms with Gasteiger partial charge in [-0.1, -0.05) is 12.1 Å². The van der Waals surface area contributed by atoms with Crippen LogP contribution in [0, 0.1) is 0 Å². The normalized spacial score (nSPS) is 17.0. The van der Waals surface area contributed by atoms with E-state index >= 15 is 0 Å². The maximum Gasteiger partial charge on any atom is 0.358 e. The van der Waals surface area contributed by atoms with Gasteiger partial charge in [0.2, 0.25) is 0 Å². The molecule has 1 atom stereocenters. The molecule has 0 N–H and O–H groups in total. The number of carbonyl (C=O) groups excluding carboxylic acids is 1. The second kappa shape index (κ2) is 6.86. The number of hydrogen-bond acceptors (Lipinski definition) is 6. The van der Waals surface area contributed by atoms with Gasteiger partial charge in [-0.15, -0.1) is 10.2 Å². The third-order valence-corrected chi connectivity index (χ3v) is 4.36. The van der Waals surface area contributed by atoms with Crippen LogP contribution in [0.4, 0.5) is 11.5 Å². The topological polar surface area (TPSA) is 58.6 Å². The van der Waals surface area contributed by atoms with Crippen LogP contribution in [0.15, 0.2) is 36.4 Å². The van der Waals surface area contributed by atoms with Crippen molar-refractivity contribution >= 4 is 17.5 Å². The standard InChI is InChI=1S/C18H22N4O2/c1-21(2)14-7-4-6-13(12-14)16-8-5-11-22(16)17-10-9-15(19-20-17)18(23)24-3/h4,6-7,9-10,12,16H,5,8,11H2,1-3H3/t16-/m0/s1. The van der Waals surface area contributed by atoms with Crippen LogP contribution >= 0.6 is 0 Å². The lowest BCUT2D eigenvalue weighted by molar-refractivity contribution is 0.0592. The van der Waals surface area contributed by atoms with E-state index in [0.29, 0.717) is 0 Å². The van der Waals surface area contributed by atoms with Crippen LogP contribution in [0.1, 0.15) is 34.9 Å². The fourth-order valence-electron chi connectivity index (χ4n) is 3.09. The Balaban J connectivity index is 1.85. The number of ether oxygens (including phenoxy) is 1. The Morgan fingerprint density at radius 2 is 2.08 bits per heavy atom. The van der Waals surface area contributed by atoms with Crippen molar-refractivity contribution in [2.75, 3.05) is 37.5 Å². The predicted octanol–water partition coefficient (Wildman–Crippen LogP) is 2.67. The molecule has 0 radical (unpaired) electrons. The van der Waals surface area contributed by atoms with Crippen molar-refractivity contribution in [2.45, 2.75) is 18.9 Å². The Kier molecular flexibility index (Phi) is 4.64. The molecule has 6 nitrogen and oxygen atoms in total. The maximum atomic E-state index is 11.5. The summed E-state index contributed by atoms with van der Waals surface area (Å²) in [5.74, 6) is 0.325. The van der Waals surface area contributed by atoms with Gasteiger partial charge < -0.3 is 14.5 Å². The third-order valence-electron chi connectivity index (χ3n) is 4.36. The fraction of sp³-hybridized carbons (Fsp3) is 0.389. The van der Waals surface area contributed by atoms with E-state index in [1.807, 2.05) is 20.2 Å². The molecule has 1 fully saturated rings. The first-order valence-electron chi connectivity index (χ1n) is 8.06. The lowest BCUT2D eigenvalue weighted by atomic mass is 10.0. The number of methoxy groups -OCH3 is 1. The zero-order chi connectivity index (χ0) is 17.1. The molecule has 126 valence electrons. The third kappa shape index (κ3) is 3.18. The van der Waals surface area contributed by atoms with Gasteiger partial charge in [-0.05, 0) is 42.7 Å². The molecule has 0 saturated carbocycles. The minimum Gasteiger partial charge on any atom is -0.464 e. The van der Waals surface area contributed by atoms with Gasteiger partial charge in [0.25, 0.3) is 0 Å². The van der Waals surface area contributed by atoms with Gasteiger partial charge in [-0.2, -0.15) is 0 Å². The first-order chi connectivity index (χ1) is 11.6. The van der Waals surface area contributed by atoms with Crippen molar-refractivity contribution < 1.29 is 9.53 Å². The Morgan fingerprint density at radius 1 is 1.25 bits per heavy atom. The minimum absolute atomic E-state index is 0.228. The molecule has 1 aliphatic heterocycles. The molecule has 0 bridgehead atoms. The summed E-state index contributed by atoms with van der Waals surface area (Å²) >= 11 is 0. The van der Waals surface area contributed by atoms with Crippen molar-refractivity contribution in [2.24, 2.45) is 0 Å². The van der Waals surface area contributed by atoms with E-state index in [-0.39, 0.29) is 11.7 Å². The molecule has 0 amide bonds. The van der Waals surface area contributed by atoms with Crippen molar-refractivity contribution in [3.63, 3.8) is 0 Å². The number of aromatic nitrogens is 2. The largest absolute Gasteiger partial charge is 0.464 e. The predicted molar refractivity (Wildman–Crippen MR) is 93.5 cm³/mol. The zero-order valence-corrected chi connectivity index (χ0v) is 14.3. The first kappa shape index (κ1) is 16.2. The van der Waals surface area contributed by atoms with Crippen LogP contribution in [-0.2, 0) is 4.74 Å². The second-order valence-corrected chi connectivity index (χ2v) is 6.11.